The molecule has 7 heteroatoms. The highest BCUT2D eigenvalue weighted by atomic mass is 35.5. The maximum atomic E-state index is 13.0. The molecule has 0 aliphatic heterocycles. The summed E-state index contributed by atoms with van der Waals surface area (Å²) in [6, 6.07) is 10.2. The standard InChI is InChI=1S/C15H13Cl2FN2O2/c16-10-4-9(5-11(17)6-10)14(21)8-15(22)20-19-13-3-1-2-12(18)7-13/h1-7,14,19,21H,8H2,(H,20,22). The molecule has 1 amide bonds. The van der Waals surface area contributed by atoms with Gasteiger partial charge in [-0.3, -0.25) is 15.6 Å². The maximum absolute atomic E-state index is 13.0. The van der Waals surface area contributed by atoms with Gasteiger partial charge in [-0.25, -0.2) is 4.39 Å². The molecule has 4 nitrogen and oxygen atoms in total. The lowest BCUT2D eigenvalue weighted by atomic mass is 10.1. The number of amides is 1. The molecule has 1 unspecified atom stereocenters. The van der Waals surface area contributed by atoms with Gasteiger partial charge in [0.25, 0.3) is 0 Å². The molecule has 1 atom stereocenters. The van der Waals surface area contributed by atoms with Crippen molar-refractivity contribution in [3.05, 3.63) is 63.9 Å². The summed E-state index contributed by atoms with van der Waals surface area (Å²) >= 11 is 11.7. The van der Waals surface area contributed by atoms with Crippen molar-refractivity contribution in [1.82, 2.24) is 5.43 Å². The van der Waals surface area contributed by atoms with E-state index in [0.717, 1.165) is 0 Å². The molecule has 0 aliphatic carbocycles. The number of aliphatic hydroxyl groups is 1. The van der Waals surface area contributed by atoms with Crippen LogP contribution in [0.4, 0.5) is 10.1 Å². The van der Waals surface area contributed by atoms with Crippen molar-refractivity contribution in [3.63, 3.8) is 0 Å². The summed E-state index contributed by atoms with van der Waals surface area (Å²) in [5.74, 6) is -0.888. The molecule has 0 radical (unpaired) electrons. The van der Waals surface area contributed by atoms with Crippen LogP contribution in [0.5, 0.6) is 0 Å². The number of hydrogen-bond acceptors (Lipinski definition) is 3. The second kappa shape index (κ2) is 7.45. The predicted molar refractivity (Wildman–Crippen MR) is 84.2 cm³/mol. The Balaban J connectivity index is 1.91. The molecule has 0 saturated carbocycles. The topological polar surface area (TPSA) is 61.4 Å². The normalized spacial score (nSPS) is 11.8. The molecule has 0 heterocycles. The van der Waals surface area contributed by atoms with Gasteiger partial charge in [-0.05, 0) is 42.0 Å². The maximum Gasteiger partial charge on any atom is 0.241 e. The van der Waals surface area contributed by atoms with Crippen molar-refractivity contribution in [2.45, 2.75) is 12.5 Å². The van der Waals surface area contributed by atoms with Gasteiger partial charge in [-0.2, -0.15) is 0 Å². The number of anilines is 1. The molecule has 2 aromatic rings. The van der Waals surface area contributed by atoms with Gasteiger partial charge < -0.3 is 5.11 Å². The highest BCUT2D eigenvalue weighted by molar-refractivity contribution is 6.34. The molecular weight excluding hydrogens is 330 g/mol. The Morgan fingerprint density at radius 3 is 2.50 bits per heavy atom. The van der Waals surface area contributed by atoms with E-state index >= 15 is 0 Å². The fourth-order valence-corrected chi connectivity index (χ4v) is 2.36. The summed E-state index contributed by atoms with van der Waals surface area (Å²) in [4.78, 5) is 11.8. The Kier molecular flexibility index (Phi) is 5.60. The molecule has 0 bridgehead atoms. The van der Waals surface area contributed by atoms with E-state index in [9.17, 15) is 14.3 Å². The minimum atomic E-state index is -1.05. The third kappa shape index (κ3) is 4.87. The van der Waals surface area contributed by atoms with E-state index in [4.69, 9.17) is 23.2 Å². The average molecular weight is 343 g/mol. The summed E-state index contributed by atoms with van der Waals surface area (Å²) in [6.45, 7) is 0. The Labute approximate surface area is 136 Å². The van der Waals surface area contributed by atoms with E-state index in [2.05, 4.69) is 10.9 Å². The van der Waals surface area contributed by atoms with Crippen LogP contribution < -0.4 is 10.9 Å². The molecule has 22 heavy (non-hydrogen) atoms. The van der Waals surface area contributed by atoms with Gasteiger partial charge in [-0.1, -0.05) is 29.3 Å². The number of halogens is 3. The van der Waals surface area contributed by atoms with Gasteiger partial charge in [0, 0.05) is 10.0 Å². The van der Waals surface area contributed by atoms with Crippen LogP contribution >= 0.6 is 23.2 Å². The van der Waals surface area contributed by atoms with Gasteiger partial charge in [0.15, 0.2) is 0 Å². The Hall–Kier alpha value is -1.82. The third-order valence-corrected chi connectivity index (χ3v) is 3.26. The number of aliphatic hydroxyl groups excluding tert-OH is 1. The Bertz CT molecular complexity index is 662. The van der Waals surface area contributed by atoms with Gasteiger partial charge >= 0.3 is 0 Å². The minimum absolute atomic E-state index is 0.195. The molecule has 2 aromatic carbocycles. The van der Waals surface area contributed by atoms with E-state index in [1.54, 1.807) is 6.07 Å². The van der Waals surface area contributed by atoms with Crippen LogP contribution in [-0.4, -0.2) is 11.0 Å². The van der Waals surface area contributed by atoms with Crippen molar-refractivity contribution in [2.24, 2.45) is 0 Å². The summed E-state index contributed by atoms with van der Waals surface area (Å²) in [5, 5.41) is 10.8. The zero-order valence-corrected chi connectivity index (χ0v) is 12.8. The average Bonchev–Trinajstić information content (AvgIpc) is 2.44. The molecule has 0 spiro atoms. The minimum Gasteiger partial charge on any atom is -0.388 e. The first-order chi connectivity index (χ1) is 10.4. The summed E-state index contributed by atoms with van der Waals surface area (Å²) in [6.07, 6.45) is -1.25. The van der Waals surface area contributed by atoms with Gasteiger partial charge in [0.05, 0.1) is 18.2 Å². The van der Waals surface area contributed by atoms with Crippen LogP contribution in [0.3, 0.4) is 0 Å². The largest absolute Gasteiger partial charge is 0.388 e. The zero-order valence-electron chi connectivity index (χ0n) is 11.3. The summed E-state index contributed by atoms with van der Waals surface area (Å²) < 4.78 is 13.0. The molecule has 0 aromatic heterocycles. The predicted octanol–water partition coefficient (Wildman–Crippen LogP) is 3.70. The van der Waals surface area contributed by atoms with Crippen molar-refractivity contribution in [3.8, 4) is 0 Å². The number of nitrogens with one attached hydrogen (secondary N) is 2. The van der Waals surface area contributed by atoms with Gasteiger partial charge in [0.1, 0.15) is 5.82 Å². The van der Waals surface area contributed by atoms with Crippen LogP contribution in [0, 0.1) is 5.82 Å². The molecule has 2 rings (SSSR count). The van der Waals surface area contributed by atoms with Crippen LogP contribution in [-0.2, 0) is 4.79 Å². The van der Waals surface area contributed by atoms with Crippen LogP contribution in [0.2, 0.25) is 10.0 Å². The van der Waals surface area contributed by atoms with Crippen molar-refractivity contribution in [1.29, 1.82) is 0 Å². The van der Waals surface area contributed by atoms with Crippen molar-refractivity contribution < 1.29 is 14.3 Å². The number of carbonyl (C=O) groups excluding carboxylic acids is 1. The monoisotopic (exact) mass is 342 g/mol. The first kappa shape index (κ1) is 16.5. The van der Waals surface area contributed by atoms with E-state index in [1.165, 1.54) is 36.4 Å². The lowest BCUT2D eigenvalue weighted by Crippen LogP contribution is -2.30. The van der Waals surface area contributed by atoms with E-state index in [0.29, 0.717) is 21.3 Å². The quantitative estimate of drug-likeness (QED) is 0.726. The number of hydrazine groups is 1. The van der Waals surface area contributed by atoms with Crippen molar-refractivity contribution >= 4 is 34.8 Å². The first-order valence-corrected chi connectivity index (χ1v) is 7.14. The number of rotatable bonds is 5. The number of carbonyl (C=O) groups is 1. The van der Waals surface area contributed by atoms with Crippen LogP contribution in [0.15, 0.2) is 42.5 Å². The second-order valence-corrected chi connectivity index (χ2v) is 5.48. The molecular formula is C15H13Cl2FN2O2. The van der Waals surface area contributed by atoms with E-state index in [1.807, 2.05) is 0 Å². The zero-order chi connectivity index (χ0) is 16.1. The fraction of sp³-hybridized carbons (Fsp3) is 0.133. The van der Waals surface area contributed by atoms with Crippen LogP contribution in [0.25, 0.3) is 0 Å². The summed E-state index contributed by atoms with van der Waals surface area (Å²) in [5.41, 5.74) is 5.78. The molecule has 116 valence electrons. The lowest BCUT2D eigenvalue weighted by Gasteiger charge is -2.13. The SMILES string of the molecule is O=C(CC(O)c1cc(Cl)cc(Cl)c1)NNc1cccc(F)c1. The molecule has 0 aliphatic rings. The van der Waals surface area contributed by atoms with Gasteiger partial charge in [0.2, 0.25) is 5.91 Å². The smallest absolute Gasteiger partial charge is 0.241 e. The third-order valence-electron chi connectivity index (χ3n) is 2.82. The molecule has 3 N–H and O–H groups in total. The number of benzene rings is 2. The highest BCUT2D eigenvalue weighted by Crippen LogP contribution is 2.25. The fourth-order valence-electron chi connectivity index (χ4n) is 1.82. The van der Waals surface area contributed by atoms with Crippen molar-refractivity contribution in [2.75, 3.05) is 5.43 Å². The molecule has 0 saturated heterocycles. The van der Waals surface area contributed by atoms with E-state index < -0.39 is 17.8 Å². The highest BCUT2D eigenvalue weighted by Gasteiger charge is 2.14. The van der Waals surface area contributed by atoms with E-state index in [-0.39, 0.29) is 6.42 Å². The Morgan fingerprint density at radius 2 is 1.86 bits per heavy atom. The Morgan fingerprint density at radius 1 is 1.18 bits per heavy atom. The molecule has 0 fully saturated rings. The second-order valence-electron chi connectivity index (χ2n) is 4.61. The van der Waals surface area contributed by atoms with Crippen LogP contribution in [0.1, 0.15) is 18.1 Å². The van der Waals surface area contributed by atoms with Gasteiger partial charge in [-0.15, -0.1) is 0 Å². The number of hydrogen-bond donors (Lipinski definition) is 3. The summed E-state index contributed by atoms with van der Waals surface area (Å²) in [7, 11) is 0. The lowest BCUT2D eigenvalue weighted by molar-refractivity contribution is -0.122. The first-order valence-electron chi connectivity index (χ1n) is 6.38.